The molecule has 0 amide bonds. The summed E-state index contributed by atoms with van der Waals surface area (Å²) in [6.07, 6.45) is 0.593. The molecule has 0 heterocycles. The van der Waals surface area contributed by atoms with E-state index in [1.54, 1.807) is 0 Å². The van der Waals surface area contributed by atoms with Crippen LogP contribution in [0.4, 0.5) is 0 Å². The Morgan fingerprint density at radius 1 is 1.31 bits per heavy atom. The number of benzene rings is 1. The lowest BCUT2D eigenvalue weighted by molar-refractivity contribution is -0.145. The van der Waals surface area contributed by atoms with Crippen molar-refractivity contribution in [2.24, 2.45) is 11.3 Å². The van der Waals surface area contributed by atoms with Gasteiger partial charge in [-0.2, -0.15) is 0 Å². The van der Waals surface area contributed by atoms with Gasteiger partial charge in [0.05, 0.1) is 5.92 Å². The molecule has 2 nitrogen and oxygen atoms in total. The third-order valence-corrected chi connectivity index (χ3v) is 3.42. The van der Waals surface area contributed by atoms with Gasteiger partial charge in [0.15, 0.2) is 0 Å². The van der Waals surface area contributed by atoms with Crippen molar-refractivity contribution in [3.8, 4) is 0 Å². The molecule has 0 saturated heterocycles. The van der Waals surface area contributed by atoms with Gasteiger partial charge < -0.3 is 5.11 Å². The predicted molar refractivity (Wildman–Crippen MR) is 73.4 cm³/mol. The molecule has 0 radical (unpaired) electrons. The molecule has 1 aromatic carbocycles. The lowest BCUT2D eigenvalue weighted by Gasteiger charge is -2.27. The first-order valence-electron chi connectivity index (χ1n) is 5.28. The molecule has 1 rings (SSSR count). The second-order valence-corrected chi connectivity index (χ2v) is 6.33. The van der Waals surface area contributed by atoms with Gasteiger partial charge >= 0.3 is 5.97 Å². The number of hydrogen-bond acceptors (Lipinski definition) is 1. The van der Waals surface area contributed by atoms with E-state index in [9.17, 15) is 9.90 Å². The van der Waals surface area contributed by atoms with E-state index in [2.05, 4.69) is 22.6 Å². The van der Waals surface area contributed by atoms with Crippen LogP contribution < -0.4 is 0 Å². The summed E-state index contributed by atoms with van der Waals surface area (Å²) in [5, 5.41) is 9.22. The van der Waals surface area contributed by atoms with Gasteiger partial charge in [-0.15, -0.1) is 0 Å². The Morgan fingerprint density at radius 2 is 1.81 bits per heavy atom. The summed E-state index contributed by atoms with van der Waals surface area (Å²) in [7, 11) is 0. The molecule has 0 bridgehead atoms. The number of aliphatic carboxylic acids is 1. The summed E-state index contributed by atoms with van der Waals surface area (Å²) in [5.74, 6) is -1.06. The van der Waals surface area contributed by atoms with Crippen LogP contribution in [-0.4, -0.2) is 11.1 Å². The Morgan fingerprint density at radius 3 is 2.19 bits per heavy atom. The van der Waals surface area contributed by atoms with Gasteiger partial charge in [0.25, 0.3) is 0 Å². The number of carboxylic acids is 1. The molecule has 0 spiro atoms. The van der Waals surface area contributed by atoms with E-state index in [4.69, 9.17) is 0 Å². The zero-order valence-corrected chi connectivity index (χ0v) is 12.0. The van der Waals surface area contributed by atoms with E-state index in [1.807, 2.05) is 45.0 Å². The lowest BCUT2D eigenvalue weighted by Crippen LogP contribution is -2.30. The maximum Gasteiger partial charge on any atom is 0.307 e. The molecule has 1 aromatic rings. The van der Waals surface area contributed by atoms with Crippen LogP contribution in [-0.2, 0) is 11.2 Å². The van der Waals surface area contributed by atoms with E-state index >= 15 is 0 Å². The summed E-state index contributed by atoms with van der Waals surface area (Å²) in [4.78, 5) is 11.2. The molecule has 0 aliphatic heterocycles. The maximum atomic E-state index is 11.2. The van der Waals surface area contributed by atoms with Gasteiger partial charge in [-0.05, 0) is 52.1 Å². The van der Waals surface area contributed by atoms with Gasteiger partial charge in [-0.25, -0.2) is 0 Å². The van der Waals surface area contributed by atoms with Crippen molar-refractivity contribution >= 4 is 28.6 Å². The number of carboxylic acid groups (broad SMARTS) is 1. The van der Waals surface area contributed by atoms with E-state index in [0.29, 0.717) is 6.42 Å². The summed E-state index contributed by atoms with van der Waals surface area (Å²) in [6, 6.07) is 8.03. The molecule has 0 aromatic heterocycles. The van der Waals surface area contributed by atoms with Crippen LogP contribution >= 0.6 is 22.6 Å². The number of rotatable bonds is 3. The maximum absolute atomic E-state index is 11.2. The van der Waals surface area contributed by atoms with E-state index < -0.39 is 5.97 Å². The Bertz CT molecular complexity index is 363. The molecule has 0 aliphatic carbocycles. The average Bonchev–Trinajstić information content (AvgIpc) is 2.14. The number of hydrogen-bond donors (Lipinski definition) is 1. The molecule has 0 fully saturated rings. The molecular weight excluding hydrogens is 315 g/mol. The van der Waals surface area contributed by atoms with E-state index in [1.165, 1.54) is 3.57 Å². The lowest BCUT2D eigenvalue weighted by atomic mass is 9.77. The van der Waals surface area contributed by atoms with Crippen molar-refractivity contribution in [1.29, 1.82) is 0 Å². The third-order valence-electron chi connectivity index (χ3n) is 2.70. The quantitative estimate of drug-likeness (QED) is 0.859. The van der Waals surface area contributed by atoms with Crippen molar-refractivity contribution in [2.75, 3.05) is 0 Å². The van der Waals surface area contributed by atoms with E-state index in [0.717, 1.165) is 5.56 Å². The highest BCUT2D eigenvalue weighted by Gasteiger charge is 2.30. The fourth-order valence-electron chi connectivity index (χ4n) is 1.62. The Labute approximate surface area is 110 Å². The van der Waals surface area contributed by atoms with Gasteiger partial charge in [0, 0.05) is 3.57 Å². The first-order valence-corrected chi connectivity index (χ1v) is 6.36. The minimum absolute atomic E-state index is 0.213. The van der Waals surface area contributed by atoms with Crippen molar-refractivity contribution in [2.45, 2.75) is 27.2 Å². The minimum Gasteiger partial charge on any atom is -0.481 e. The largest absolute Gasteiger partial charge is 0.481 e. The second kappa shape index (κ2) is 5.17. The van der Waals surface area contributed by atoms with Gasteiger partial charge in [-0.3, -0.25) is 4.79 Å². The SMILES string of the molecule is CC(C)(C)C(Cc1ccc(I)cc1)C(=O)O. The fraction of sp³-hybridized carbons (Fsp3) is 0.462. The van der Waals surface area contributed by atoms with Crippen molar-refractivity contribution in [3.63, 3.8) is 0 Å². The van der Waals surface area contributed by atoms with E-state index in [-0.39, 0.29) is 11.3 Å². The summed E-state index contributed by atoms with van der Waals surface area (Å²) in [5.41, 5.74) is 0.872. The zero-order valence-electron chi connectivity index (χ0n) is 9.83. The average molecular weight is 332 g/mol. The van der Waals surface area contributed by atoms with Gasteiger partial charge in [-0.1, -0.05) is 32.9 Å². The summed E-state index contributed by atoms with van der Waals surface area (Å²) < 4.78 is 1.17. The molecule has 1 atom stereocenters. The fourth-order valence-corrected chi connectivity index (χ4v) is 1.98. The Hall–Kier alpha value is -0.580. The molecular formula is C13H17IO2. The van der Waals surface area contributed by atoms with Crippen LogP contribution in [0, 0.1) is 14.9 Å². The standard InChI is InChI=1S/C13H17IO2/c1-13(2,3)11(12(15)16)8-9-4-6-10(14)7-5-9/h4-7,11H,8H2,1-3H3,(H,15,16). The molecule has 3 heteroatoms. The van der Waals surface area contributed by atoms with Crippen LogP contribution in [0.2, 0.25) is 0 Å². The summed E-state index contributed by atoms with van der Waals surface area (Å²) >= 11 is 2.24. The van der Waals surface area contributed by atoms with Gasteiger partial charge in [0.1, 0.15) is 0 Å². The predicted octanol–water partition coefficient (Wildman–Crippen LogP) is 3.58. The highest BCUT2D eigenvalue weighted by Crippen LogP contribution is 2.29. The zero-order chi connectivity index (χ0) is 12.3. The first kappa shape index (κ1) is 13.5. The monoisotopic (exact) mass is 332 g/mol. The van der Waals surface area contributed by atoms with Crippen molar-refractivity contribution < 1.29 is 9.90 Å². The smallest absolute Gasteiger partial charge is 0.307 e. The summed E-state index contributed by atoms with van der Waals surface area (Å²) in [6.45, 7) is 5.91. The first-order chi connectivity index (χ1) is 7.30. The van der Waals surface area contributed by atoms with Crippen LogP contribution in [0.25, 0.3) is 0 Å². The topological polar surface area (TPSA) is 37.3 Å². The van der Waals surface area contributed by atoms with Crippen LogP contribution in [0.1, 0.15) is 26.3 Å². The molecule has 1 N–H and O–H groups in total. The Balaban J connectivity index is 2.84. The number of carbonyl (C=O) groups is 1. The highest BCUT2D eigenvalue weighted by molar-refractivity contribution is 14.1. The van der Waals surface area contributed by atoms with Crippen LogP contribution in [0.3, 0.4) is 0 Å². The third kappa shape index (κ3) is 3.77. The molecule has 16 heavy (non-hydrogen) atoms. The number of halogens is 1. The van der Waals surface area contributed by atoms with Crippen molar-refractivity contribution in [1.82, 2.24) is 0 Å². The molecule has 0 saturated carbocycles. The van der Waals surface area contributed by atoms with Crippen LogP contribution in [0.5, 0.6) is 0 Å². The van der Waals surface area contributed by atoms with Crippen LogP contribution in [0.15, 0.2) is 24.3 Å². The molecule has 1 unspecified atom stereocenters. The minimum atomic E-state index is -0.717. The highest BCUT2D eigenvalue weighted by atomic mass is 127. The van der Waals surface area contributed by atoms with Crippen molar-refractivity contribution in [3.05, 3.63) is 33.4 Å². The Kier molecular flexibility index (Phi) is 4.35. The van der Waals surface area contributed by atoms with Gasteiger partial charge in [0.2, 0.25) is 0 Å². The normalized spacial score (nSPS) is 13.5. The molecule has 0 aliphatic rings. The second-order valence-electron chi connectivity index (χ2n) is 5.09. The molecule has 88 valence electrons.